The Morgan fingerprint density at radius 1 is 0.936 bits per heavy atom. The molecule has 256 valence electrons. The number of amides is 3. The highest BCUT2D eigenvalue weighted by Crippen LogP contribution is 2.75. The number of aliphatic hydroxyl groups is 1. The van der Waals surface area contributed by atoms with E-state index in [2.05, 4.69) is 39.1 Å². The number of methoxy groups -OCH3 is 1. The number of urea groups is 1. The molecule has 8 atom stereocenters. The average Bonchev–Trinajstić information content (AvgIpc) is 3.03. The maximum atomic E-state index is 14.7. The van der Waals surface area contributed by atoms with Crippen LogP contribution < -0.4 is 5.32 Å². The first kappa shape index (κ1) is 33.7. The molecule has 0 spiro atoms. The molecule has 10 nitrogen and oxygen atoms in total. The number of nitrogens with zero attached hydrogens (tertiary/aromatic N) is 3. The molecule has 6 rings (SSSR count). The number of allylic oxidation sites excluding steroid dienone is 3. The van der Waals surface area contributed by atoms with E-state index in [4.69, 9.17) is 4.74 Å². The molecular formula is C37H52N4O6. The number of fused-ring (bicyclic) bond motifs is 7. The van der Waals surface area contributed by atoms with Crippen molar-refractivity contribution in [3.63, 3.8) is 0 Å². The van der Waals surface area contributed by atoms with Gasteiger partial charge in [-0.05, 0) is 80.3 Å². The molecule has 0 bridgehead atoms. The van der Waals surface area contributed by atoms with E-state index in [1.54, 1.807) is 15.9 Å². The lowest BCUT2D eigenvalue weighted by molar-refractivity contribution is -0.240. The van der Waals surface area contributed by atoms with Crippen LogP contribution in [0, 0.1) is 50.2 Å². The number of ether oxygens (including phenoxy) is 1. The van der Waals surface area contributed by atoms with Gasteiger partial charge >= 0.3 is 12.1 Å². The van der Waals surface area contributed by atoms with Gasteiger partial charge < -0.3 is 25.0 Å². The number of Topliss-reactive ketones (excluding diaryl/α,β-unsaturated/α-hetero) is 1. The molecule has 4 fully saturated rings. The Morgan fingerprint density at radius 2 is 1.55 bits per heavy atom. The third-order valence-corrected chi connectivity index (χ3v) is 14.7. The van der Waals surface area contributed by atoms with E-state index in [-0.39, 0.29) is 40.4 Å². The zero-order valence-corrected chi connectivity index (χ0v) is 29.4. The number of piperazine rings is 1. The maximum absolute atomic E-state index is 14.7. The molecule has 5 aliphatic carbocycles. The lowest BCUT2D eigenvalue weighted by atomic mass is 9.33. The number of carbonyl (C=O) groups excluding carboxylic acids is 4. The van der Waals surface area contributed by atoms with Gasteiger partial charge in [-0.1, -0.05) is 47.6 Å². The van der Waals surface area contributed by atoms with E-state index >= 15 is 0 Å². The summed E-state index contributed by atoms with van der Waals surface area (Å²) in [4.78, 5) is 56.9. The second-order valence-corrected chi connectivity index (χ2v) is 17.3. The molecule has 3 saturated carbocycles. The molecule has 1 aliphatic heterocycles. The van der Waals surface area contributed by atoms with Gasteiger partial charge in [0.1, 0.15) is 11.7 Å². The molecule has 6 aliphatic rings. The monoisotopic (exact) mass is 648 g/mol. The van der Waals surface area contributed by atoms with Crippen molar-refractivity contribution < 1.29 is 29.0 Å². The smallest absolute Gasteiger partial charge is 0.409 e. The van der Waals surface area contributed by atoms with Gasteiger partial charge in [-0.15, -0.1) is 0 Å². The van der Waals surface area contributed by atoms with Crippen molar-refractivity contribution in [1.29, 1.82) is 5.26 Å². The molecule has 0 unspecified atom stereocenters. The summed E-state index contributed by atoms with van der Waals surface area (Å²) >= 11 is 0. The van der Waals surface area contributed by atoms with Crippen LogP contribution >= 0.6 is 0 Å². The van der Waals surface area contributed by atoms with Crippen LogP contribution in [0.3, 0.4) is 0 Å². The van der Waals surface area contributed by atoms with Crippen molar-refractivity contribution in [3.8, 4) is 6.07 Å². The standard InChI is InChI=1S/C37H52N4O6/c1-31(2)24-9-10-35(6)25(34(24,5)20-23(22-38)28(31)43)19-27(42)37(46)26-21-33(4,13-11-32(26,3)12-14-36(35,37)7)39-29(44)40-15-17-41(18-16-40)30(45)47-8/h19-20,24,26,46H,9-18,21H2,1-8H3,(H,39,44)/t24-,26+,32+,33-,34-,35+,36-,37+/m0/s1. The summed E-state index contributed by atoms with van der Waals surface area (Å²) < 4.78 is 4.83. The summed E-state index contributed by atoms with van der Waals surface area (Å²) in [6.07, 6.45) is 8.11. The van der Waals surface area contributed by atoms with Gasteiger partial charge in [0.25, 0.3) is 0 Å². The fourth-order valence-electron chi connectivity index (χ4n) is 11.4. The predicted octanol–water partition coefficient (Wildman–Crippen LogP) is 5.17. The Bertz CT molecular complexity index is 1540. The largest absolute Gasteiger partial charge is 0.453 e. The number of nitrogens with one attached hydrogen (secondary N) is 1. The van der Waals surface area contributed by atoms with Gasteiger partial charge in [-0.3, -0.25) is 9.59 Å². The van der Waals surface area contributed by atoms with Crippen molar-refractivity contribution in [1.82, 2.24) is 15.1 Å². The van der Waals surface area contributed by atoms with Crippen molar-refractivity contribution in [2.75, 3.05) is 33.3 Å². The Hall–Kier alpha value is -3.19. The molecular weight excluding hydrogens is 596 g/mol. The third-order valence-electron chi connectivity index (χ3n) is 14.7. The second kappa shape index (κ2) is 10.4. The number of ketones is 2. The normalized spacial score (nSPS) is 44.0. The van der Waals surface area contributed by atoms with E-state index < -0.39 is 38.9 Å². The molecule has 0 aromatic rings. The number of nitriles is 1. The minimum Gasteiger partial charge on any atom is -0.453 e. The van der Waals surface area contributed by atoms with Crippen LogP contribution in [-0.2, 0) is 14.3 Å². The van der Waals surface area contributed by atoms with Crippen LogP contribution in [0.4, 0.5) is 9.59 Å². The van der Waals surface area contributed by atoms with E-state index in [1.165, 1.54) is 7.11 Å². The van der Waals surface area contributed by atoms with Gasteiger partial charge in [0, 0.05) is 53.9 Å². The first-order chi connectivity index (χ1) is 21.8. The molecule has 3 amide bonds. The van der Waals surface area contributed by atoms with E-state index in [0.29, 0.717) is 39.0 Å². The number of hydrogen-bond acceptors (Lipinski definition) is 7. The molecule has 2 N–H and O–H groups in total. The van der Waals surface area contributed by atoms with E-state index in [0.717, 1.165) is 37.7 Å². The van der Waals surface area contributed by atoms with Crippen LogP contribution in [-0.4, -0.2) is 83.0 Å². The van der Waals surface area contributed by atoms with Gasteiger partial charge in [0.15, 0.2) is 11.6 Å². The summed E-state index contributed by atoms with van der Waals surface area (Å²) in [5.74, 6) is -0.885. The minimum absolute atomic E-state index is 0.0713. The lowest BCUT2D eigenvalue weighted by Gasteiger charge is -2.71. The highest BCUT2D eigenvalue weighted by atomic mass is 16.5. The summed E-state index contributed by atoms with van der Waals surface area (Å²) in [6, 6.07) is 1.95. The lowest BCUT2D eigenvalue weighted by Crippen LogP contribution is -2.74. The zero-order chi connectivity index (χ0) is 34.6. The van der Waals surface area contributed by atoms with Crippen molar-refractivity contribution in [3.05, 3.63) is 23.3 Å². The molecule has 10 heteroatoms. The minimum atomic E-state index is -1.65. The number of carbonyl (C=O) groups is 4. The van der Waals surface area contributed by atoms with Crippen LogP contribution in [0.15, 0.2) is 23.3 Å². The van der Waals surface area contributed by atoms with Gasteiger partial charge in [-0.25, -0.2) is 9.59 Å². The van der Waals surface area contributed by atoms with Gasteiger partial charge in [0.2, 0.25) is 0 Å². The molecule has 0 aromatic carbocycles. The Morgan fingerprint density at radius 3 is 2.17 bits per heavy atom. The van der Waals surface area contributed by atoms with Crippen LogP contribution in [0.2, 0.25) is 0 Å². The van der Waals surface area contributed by atoms with E-state index in [1.807, 2.05) is 26.8 Å². The van der Waals surface area contributed by atoms with Crippen molar-refractivity contribution in [2.24, 2.45) is 38.9 Å². The molecule has 0 radical (unpaired) electrons. The second-order valence-electron chi connectivity index (χ2n) is 17.3. The Kier molecular flexibility index (Phi) is 7.46. The summed E-state index contributed by atoms with van der Waals surface area (Å²) in [5, 5.41) is 26.4. The van der Waals surface area contributed by atoms with Crippen molar-refractivity contribution >= 4 is 23.7 Å². The molecule has 47 heavy (non-hydrogen) atoms. The molecule has 0 aromatic heterocycles. The van der Waals surface area contributed by atoms with Gasteiger partial charge in [0.05, 0.1) is 12.7 Å². The molecule has 1 heterocycles. The first-order valence-electron chi connectivity index (χ1n) is 17.3. The quantitative estimate of drug-likeness (QED) is 0.400. The fraction of sp³-hybridized carbons (Fsp3) is 0.757. The predicted molar refractivity (Wildman–Crippen MR) is 175 cm³/mol. The summed E-state index contributed by atoms with van der Waals surface area (Å²) in [7, 11) is 1.35. The first-order valence-corrected chi connectivity index (χ1v) is 17.3. The van der Waals surface area contributed by atoms with Crippen LogP contribution in [0.5, 0.6) is 0 Å². The highest BCUT2D eigenvalue weighted by molar-refractivity contribution is 6.05. The summed E-state index contributed by atoms with van der Waals surface area (Å²) in [6.45, 7) is 16.0. The third kappa shape index (κ3) is 4.36. The average molecular weight is 649 g/mol. The van der Waals surface area contributed by atoms with Crippen LogP contribution in [0.25, 0.3) is 0 Å². The fourth-order valence-corrected chi connectivity index (χ4v) is 11.4. The highest BCUT2D eigenvalue weighted by Gasteiger charge is 2.75. The SMILES string of the molecule is COC(=O)N1CCN(C(=O)N[C@@]2(C)CC[C@]3(C)CC[C@@]4(C)[C@]5(C)CC[C@H]6C(C)(C)C(=O)C(C#N)=C[C@]6(C)C5=CC(=O)[C@]4(O)[C@@H]3C2)CC1. The number of hydrogen-bond donors (Lipinski definition) is 2. The topological polar surface area (TPSA) is 140 Å². The maximum Gasteiger partial charge on any atom is 0.409 e. The zero-order valence-electron chi connectivity index (χ0n) is 29.4. The van der Waals surface area contributed by atoms with Gasteiger partial charge in [-0.2, -0.15) is 5.26 Å². The van der Waals surface area contributed by atoms with E-state index in [9.17, 15) is 29.5 Å². The Labute approximate surface area is 278 Å². The molecule has 1 saturated heterocycles. The number of rotatable bonds is 1. The van der Waals surface area contributed by atoms with Crippen LogP contribution in [0.1, 0.15) is 93.4 Å². The summed E-state index contributed by atoms with van der Waals surface area (Å²) in [5.41, 5.74) is -4.26. The Balaban J connectivity index is 1.34. The van der Waals surface area contributed by atoms with Crippen molar-refractivity contribution in [2.45, 2.75) is 105 Å².